The molecule has 3 fully saturated rings. The monoisotopic (exact) mass is 244 g/mol. The molecule has 3 aliphatic rings. The van der Waals surface area contributed by atoms with Gasteiger partial charge in [0, 0.05) is 12.6 Å². The van der Waals surface area contributed by atoms with Crippen molar-refractivity contribution in [3.8, 4) is 0 Å². The Balaban J connectivity index is 0.000000963. The van der Waals surface area contributed by atoms with Crippen LogP contribution in [0.3, 0.4) is 0 Å². The second kappa shape index (κ2) is 5.70. The van der Waals surface area contributed by atoms with E-state index in [4.69, 9.17) is 0 Å². The number of rotatable bonds is 2. The highest BCUT2D eigenvalue weighted by Gasteiger charge is 2.35. The van der Waals surface area contributed by atoms with E-state index in [0.29, 0.717) is 0 Å². The highest BCUT2D eigenvalue weighted by atomic mass is 35.5. The van der Waals surface area contributed by atoms with E-state index in [2.05, 4.69) is 10.2 Å². The maximum atomic E-state index is 3.47. The van der Waals surface area contributed by atoms with Crippen molar-refractivity contribution in [2.75, 3.05) is 26.2 Å². The van der Waals surface area contributed by atoms with E-state index in [1.54, 1.807) is 0 Å². The van der Waals surface area contributed by atoms with Gasteiger partial charge < -0.3 is 10.2 Å². The second-order valence-corrected chi connectivity index (χ2v) is 5.72. The largest absolute Gasteiger partial charge is 0.317 e. The van der Waals surface area contributed by atoms with Crippen molar-refractivity contribution in [2.45, 2.75) is 44.6 Å². The first-order valence-corrected chi connectivity index (χ1v) is 6.88. The summed E-state index contributed by atoms with van der Waals surface area (Å²) in [6.07, 6.45) is 8.82. The summed E-state index contributed by atoms with van der Waals surface area (Å²) in [6, 6.07) is 0.910. The van der Waals surface area contributed by atoms with Crippen molar-refractivity contribution >= 4 is 12.4 Å². The molecule has 0 amide bonds. The van der Waals surface area contributed by atoms with Crippen LogP contribution in [-0.4, -0.2) is 37.1 Å². The molecule has 0 spiro atoms. The van der Waals surface area contributed by atoms with Crippen LogP contribution in [0.5, 0.6) is 0 Å². The normalized spacial score (nSPS) is 33.4. The lowest BCUT2D eigenvalue weighted by Gasteiger charge is -2.40. The van der Waals surface area contributed by atoms with Crippen LogP contribution in [0.2, 0.25) is 0 Å². The van der Waals surface area contributed by atoms with Crippen LogP contribution in [0.4, 0.5) is 0 Å². The molecule has 16 heavy (non-hydrogen) atoms. The lowest BCUT2D eigenvalue weighted by atomic mass is 9.91. The lowest BCUT2D eigenvalue weighted by Crippen LogP contribution is -2.47. The fraction of sp³-hybridized carbons (Fsp3) is 1.00. The smallest absolute Gasteiger partial charge is 0.0119 e. The molecule has 0 radical (unpaired) electrons. The Morgan fingerprint density at radius 1 is 0.875 bits per heavy atom. The maximum absolute atomic E-state index is 3.47. The summed E-state index contributed by atoms with van der Waals surface area (Å²) in [5, 5.41) is 3.47. The molecule has 1 N–H and O–H groups in total. The van der Waals surface area contributed by atoms with Gasteiger partial charge in [0.2, 0.25) is 0 Å². The van der Waals surface area contributed by atoms with E-state index in [-0.39, 0.29) is 12.4 Å². The fourth-order valence-electron chi connectivity index (χ4n) is 3.50. The third-order valence-corrected chi connectivity index (χ3v) is 4.60. The van der Waals surface area contributed by atoms with Gasteiger partial charge in [-0.2, -0.15) is 0 Å². The van der Waals surface area contributed by atoms with Crippen LogP contribution < -0.4 is 5.32 Å². The molecular weight excluding hydrogens is 220 g/mol. The van der Waals surface area contributed by atoms with Gasteiger partial charge in [0.25, 0.3) is 0 Å². The van der Waals surface area contributed by atoms with Crippen LogP contribution in [-0.2, 0) is 0 Å². The average Bonchev–Trinajstić information content (AvgIpc) is 3.14. The minimum atomic E-state index is 0. The molecule has 1 aliphatic carbocycles. The van der Waals surface area contributed by atoms with Gasteiger partial charge in [-0.1, -0.05) is 0 Å². The quantitative estimate of drug-likeness (QED) is 0.802. The van der Waals surface area contributed by atoms with Gasteiger partial charge in [-0.25, -0.2) is 0 Å². The molecule has 0 aromatic carbocycles. The van der Waals surface area contributed by atoms with Crippen molar-refractivity contribution in [1.82, 2.24) is 10.2 Å². The summed E-state index contributed by atoms with van der Waals surface area (Å²) < 4.78 is 0. The molecule has 2 nitrogen and oxygen atoms in total. The molecule has 3 heteroatoms. The van der Waals surface area contributed by atoms with Gasteiger partial charge in [0.15, 0.2) is 0 Å². The lowest BCUT2D eigenvalue weighted by molar-refractivity contribution is 0.0948. The Bertz CT molecular complexity index is 212. The van der Waals surface area contributed by atoms with Crippen molar-refractivity contribution in [3.05, 3.63) is 0 Å². The summed E-state index contributed by atoms with van der Waals surface area (Å²) in [5.41, 5.74) is 0. The number of hydrogen-bond acceptors (Lipinski definition) is 2. The average molecular weight is 245 g/mol. The first-order chi connectivity index (χ1) is 7.43. The number of likely N-dealkylation sites (tertiary alicyclic amines) is 1. The number of nitrogens with one attached hydrogen (secondary N) is 1. The third-order valence-electron chi connectivity index (χ3n) is 4.60. The first kappa shape index (κ1) is 12.7. The van der Waals surface area contributed by atoms with E-state index in [9.17, 15) is 0 Å². The Morgan fingerprint density at radius 2 is 1.62 bits per heavy atom. The molecule has 94 valence electrons. The van der Waals surface area contributed by atoms with Crippen molar-refractivity contribution in [3.63, 3.8) is 0 Å². The summed E-state index contributed by atoms with van der Waals surface area (Å²) in [5.74, 6) is 2.18. The highest BCUT2D eigenvalue weighted by Crippen LogP contribution is 2.41. The number of hydrogen-bond donors (Lipinski definition) is 1. The third kappa shape index (κ3) is 2.91. The molecule has 1 atom stereocenters. The Hall–Kier alpha value is 0.210. The molecule has 0 aromatic rings. The number of halogens is 1. The highest BCUT2D eigenvalue weighted by molar-refractivity contribution is 5.85. The van der Waals surface area contributed by atoms with Gasteiger partial charge in [0.05, 0.1) is 0 Å². The molecule has 2 heterocycles. The van der Waals surface area contributed by atoms with Gasteiger partial charge in [-0.3, -0.25) is 0 Å². The van der Waals surface area contributed by atoms with Crippen molar-refractivity contribution < 1.29 is 0 Å². The molecule has 0 unspecified atom stereocenters. The van der Waals surface area contributed by atoms with Gasteiger partial charge >= 0.3 is 0 Å². The second-order valence-electron chi connectivity index (χ2n) is 5.72. The van der Waals surface area contributed by atoms with E-state index in [1.165, 1.54) is 64.7 Å². The zero-order valence-corrected chi connectivity index (χ0v) is 11.0. The van der Waals surface area contributed by atoms with Crippen LogP contribution in [0.25, 0.3) is 0 Å². The molecule has 1 saturated carbocycles. The molecule has 3 rings (SSSR count). The van der Waals surface area contributed by atoms with E-state index in [0.717, 1.165) is 17.9 Å². The van der Waals surface area contributed by atoms with Crippen molar-refractivity contribution in [1.29, 1.82) is 0 Å². The Labute approximate surface area is 106 Å². The standard InChI is InChI=1S/C13H24N2.ClH/c1-2-12(11-3-4-11)10-15(9-1)13-5-7-14-8-6-13;/h11-14H,1-10H2;1H/t12-;/m0./s1. The maximum Gasteiger partial charge on any atom is 0.0119 e. The minimum Gasteiger partial charge on any atom is -0.317 e. The SMILES string of the molecule is C1C[C@H](C2CC2)CN(C2CCNCC2)C1.Cl. The fourth-order valence-corrected chi connectivity index (χ4v) is 3.50. The van der Waals surface area contributed by atoms with Gasteiger partial charge in [-0.15, -0.1) is 12.4 Å². The topological polar surface area (TPSA) is 15.3 Å². The van der Waals surface area contributed by atoms with Crippen molar-refractivity contribution in [2.24, 2.45) is 11.8 Å². The van der Waals surface area contributed by atoms with E-state index < -0.39 is 0 Å². The Morgan fingerprint density at radius 3 is 2.31 bits per heavy atom. The van der Waals surface area contributed by atoms with Crippen LogP contribution >= 0.6 is 12.4 Å². The van der Waals surface area contributed by atoms with E-state index in [1.807, 2.05) is 0 Å². The molecule has 0 aromatic heterocycles. The summed E-state index contributed by atoms with van der Waals surface area (Å²) >= 11 is 0. The van der Waals surface area contributed by atoms with Crippen LogP contribution in [0.15, 0.2) is 0 Å². The van der Waals surface area contributed by atoms with Gasteiger partial charge in [-0.05, 0) is 70.0 Å². The minimum absolute atomic E-state index is 0. The zero-order chi connectivity index (χ0) is 10.1. The first-order valence-electron chi connectivity index (χ1n) is 6.88. The molecule has 2 saturated heterocycles. The molecular formula is C13H25ClN2. The Kier molecular flexibility index (Phi) is 4.51. The molecule has 2 aliphatic heterocycles. The molecule has 0 bridgehead atoms. The van der Waals surface area contributed by atoms with Crippen LogP contribution in [0.1, 0.15) is 38.5 Å². The number of piperidine rings is 2. The summed E-state index contributed by atoms with van der Waals surface area (Å²) in [7, 11) is 0. The zero-order valence-electron chi connectivity index (χ0n) is 10.2. The predicted octanol–water partition coefficient (Wildman–Crippen LogP) is 2.28. The van der Waals surface area contributed by atoms with Crippen LogP contribution in [0, 0.1) is 11.8 Å². The van der Waals surface area contributed by atoms with Gasteiger partial charge in [0.1, 0.15) is 0 Å². The predicted molar refractivity (Wildman–Crippen MR) is 70.2 cm³/mol. The summed E-state index contributed by atoms with van der Waals surface area (Å²) in [6.45, 7) is 5.30. The summed E-state index contributed by atoms with van der Waals surface area (Å²) in [4.78, 5) is 2.81. The number of nitrogens with zero attached hydrogens (tertiary/aromatic N) is 1. The van der Waals surface area contributed by atoms with E-state index >= 15 is 0 Å².